The van der Waals surface area contributed by atoms with Crippen LogP contribution >= 0.6 is 23.1 Å². The Bertz CT molecular complexity index is 1300. The molecule has 28 heavy (non-hydrogen) atoms. The Labute approximate surface area is 168 Å². The standard InChI is InChI=1S/C21H12N4OS2/c22-12-13(20-23-15-5-1-2-6-16(15)24-20)11-14-9-10-19(26-14)28-21-25-17-7-3-4-8-18(17)27-21/h1-11H,(H,23,24)/b13-11+. The number of H-pyrrole nitrogens is 1. The van der Waals surface area contributed by atoms with Crippen molar-refractivity contribution in [1.29, 1.82) is 5.26 Å². The van der Waals surface area contributed by atoms with Crippen molar-refractivity contribution < 1.29 is 4.42 Å². The first-order valence-corrected chi connectivity index (χ1v) is 10.1. The molecule has 0 radical (unpaired) electrons. The summed E-state index contributed by atoms with van der Waals surface area (Å²) in [4.78, 5) is 12.3. The van der Waals surface area contributed by atoms with E-state index in [1.54, 1.807) is 17.4 Å². The molecule has 0 fully saturated rings. The Morgan fingerprint density at radius 3 is 2.68 bits per heavy atom. The molecule has 0 aliphatic heterocycles. The van der Waals surface area contributed by atoms with Gasteiger partial charge in [-0.05, 0) is 48.2 Å². The summed E-state index contributed by atoms with van der Waals surface area (Å²) in [6.45, 7) is 0. The predicted octanol–water partition coefficient (Wildman–Crippen LogP) is 5.98. The second-order valence-corrected chi connectivity index (χ2v) is 8.26. The van der Waals surface area contributed by atoms with Crippen LogP contribution < -0.4 is 0 Å². The Morgan fingerprint density at radius 2 is 1.86 bits per heavy atom. The minimum Gasteiger partial charge on any atom is -0.450 e. The van der Waals surface area contributed by atoms with E-state index in [2.05, 4.69) is 27.1 Å². The largest absolute Gasteiger partial charge is 0.450 e. The van der Waals surface area contributed by atoms with Gasteiger partial charge in [-0.15, -0.1) is 11.3 Å². The fourth-order valence-electron chi connectivity index (χ4n) is 2.82. The molecule has 5 aromatic rings. The number of aromatic nitrogens is 3. The summed E-state index contributed by atoms with van der Waals surface area (Å²) in [6.07, 6.45) is 1.69. The van der Waals surface area contributed by atoms with Crippen LogP contribution in [0.3, 0.4) is 0 Å². The van der Waals surface area contributed by atoms with Crippen LogP contribution in [0, 0.1) is 11.3 Å². The van der Waals surface area contributed by atoms with Crippen molar-refractivity contribution in [3.05, 3.63) is 72.2 Å². The second kappa shape index (κ2) is 7.00. The second-order valence-electron chi connectivity index (χ2n) is 5.98. The van der Waals surface area contributed by atoms with E-state index < -0.39 is 0 Å². The summed E-state index contributed by atoms with van der Waals surface area (Å²) < 4.78 is 7.94. The van der Waals surface area contributed by atoms with Crippen molar-refractivity contribution in [3.8, 4) is 6.07 Å². The number of thiazole rings is 1. The van der Waals surface area contributed by atoms with E-state index in [1.165, 1.54) is 11.8 Å². The molecular formula is C21H12N4OS2. The molecule has 0 saturated carbocycles. The van der Waals surface area contributed by atoms with Crippen molar-refractivity contribution in [3.63, 3.8) is 0 Å². The summed E-state index contributed by atoms with van der Waals surface area (Å²) >= 11 is 3.10. The number of furan rings is 1. The van der Waals surface area contributed by atoms with Gasteiger partial charge >= 0.3 is 0 Å². The van der Waals surface area contributed by atoms with Gasteiger partial charge in [0.15, 0.2) is 9.43 Å². The molecule has 5 rings (SSSR count). The molecule has 3 heterocycles. The molecule has 0 spiro atoms. The van der Waals surface area contributed by atoms with Crippen LogP contribution in [0.4, 0.5) is 0 Å². The molecule has 0 bridgehead atoms. The van der Waals surface area contributed by atoms with Crippen LogP contribution in [0.15, 0.2) is 74.5 Å². The SMILES string of the molecule is N#C/C(=C\c1ccc(Sc2nc3ccccc3s2)o1)c1nc2ccccc2[nH]1. The van der Waals surface area contributed by atoms with Gasteiger partial charge in [0.1, 0.15) is 17.7 Å². The Kier molecular flexibility index (Phi) is 4.20. The normalized spacial score (nSPS) is 11.9. The molecule has 0 aliphatic carbocycles. The first-order valence-electron chi connectivity index (χ1n) is 8.49. The molecule has 0 amide bonds. The lowest BCUT2D eigenvalue weighted by Crippen LogP contribution is -1.84. The molecule has 3 aromatic heterocycles. The van der Waals surface area contributed by atoms with E-state index >= 15 is 0 Å². The number of nitrogens with zero attached hydrogens (tertiary/aromatic N) is 3. The molecule has 0 saturated heterocycles. The summed E-state index contributed by atoms with van der Waals surface area (Å²) in [6, 6.07) is 21.6. The molecule has 0 unspecified atom stereocenters. The van der Waals surface area contributed by atoms with Crippen molar-refractivity contribution in [2.75, 3.05) is 0 Å². The first-order chi connectivity index (χ1) is 13.8. The topological polar surface area (TPSA) is 78.5 Å². The van der Waals surface area contributed by atoms with Gasteiger partial charge in [0, 0.05) is 6.08 Å². The fourth-order valence-corrected chi connectivity index (χ4v) is 4.79. The zero-order valence-electron chi connectivity index (χ0n) is 14.4. The number of allylic oxidation sites excluding steroid dienone is 1. The van der Waals surface area contributed by atoms with E-state index in [4.69, 9.17) is 4.42 Å². The highest BCUT2D eigenvalue weighted by Crippen LogP contribution is 2.35. The van der Waals surface area contributed by atoms with Crippen LogP contribution in [0.5, 0.6) is 0 Å². The van der Waals surface area contributed by atoms with Crippen molar-refractivity contribution in [2.24, 2.45) is 0 Å². The van der Waals surface area contributed by atoms with Crippen molar-refractivity contribution in [2.45, 2.75) is 9.43 Å². The van der Waals surface area contributed by atoms with Gasteiger partial charge in [-0.2, -0.15) is 5.26 Å². The number of hydrogen-bond acceptors (Lipinski definition) is 6. The zero-order chi connectivity index (χ0) is 18.9. The molecule has 7 heteroatoms. The van der Waals surface area contributed by atoms with Crippen LogP contribution in [0.1, 0.15) is 11.6 Å². The lowest BCUT2D eigenvalue weighted by molar-refractivity contribution is 0.466. The summed E-state index contributed by atoms with van der Waals surface area (Å²) in [7, 11) is 0. The Morgan fingerprint density at radius 1 is 1.04 bits per heavy atom. The highest BCUT2D eigenvalue weighted by molar-refractivity contribution is 8.01. The molecular weight excluding hydrogens is 388 g/mol. The average molecular weight is 400 g/mol. The monoisotopic (exact) mass is 400 g/mol. The maximum atomic E-state index is 9.56. The number of nitriles is 1. The number of nitrogens with one attached hydrogen (secondary N) is 1. The predicted molar refractivity (Wildman–Crippen MR) is 112 cm³/mol. The molecule has 0 aliphatic rings. The van der Waals surface area contributed by atoms with Crippen LogP contribution in [-0.2, 0) is 0 Å². The van der Waals surface area contributed by atoms with Crippen LogP contribution in [0.25, 0.3) is 32.9 Å². The van der Waals surface area contributed by atoms with Crippen molar-refractivity contribution >= 4 is 56.0 Å². The smallest absolute Gasteiger partial charge is 0.167 e. The average Bonchev–Trinajstić information content (AvgIpc) is 3.43. The van der Waals surface area contributed by atoms with Gasteiger partial charge in [-0.1, -0.05) is 24.3 Å². The number of rotatable bonds is 4. The van der Waals surface area contributed by atoms with Gasteiger partial charge in [0.05, 0.1) is 26.8 Å². The van der Waals surface area contributed by atoms with Gasteiger partial charge in [-0.3, -0.25) is 0 Å². The van der Waals surface area contributed by atoms with Gasteiger partial charge in [0.2, 0.25) is 0 Å². The molecule has 0 atom stereocenters. The van der Waals surface area contributed by atoms with E-state index in [9.17, 15) is 5.26 Å². The Hall–Kier alpha value is -3.34. The van der Waals surface area contributed by atoms with Gasteiger partial charge < -0.3 is 9.40 Å². The Balaban J connectivity index is 1.42. The highest BCUT2D eigenvalue weighted by atomic mass is 32.2. The minimum atomic E-state index is 0.419. The highest BCUT2D eigenvalue weighted by Gasteiger charge is 2.11. The third-order valence-electron chi connectivity index (χ3n) is 4.12. The number of fused-ring (bicyclic) bond motifs is 2. The summed E-state index contributed by atoms with van der Waals surface area (Å²) in [5.41, 5.74) is 3.12. The van der Waals surface area contributed by atoms with Gasteiger partial charge in [0.25, 0.3) is 0 Å². The first kappa shape index (κ1) is 16.8. The van der Waals surface area contributed by atoms with Crippen molar-refractivity contribution in [1.82, 2.24) is 15.0 Å². The molecule has 1 N–H and O–H groups in total. The number of hydrogen-bond donors (Lipinski definition) is 1. The number of benzene rings is 2. The number of aromatic amines is 1. The minimum absolute atomic E-state index is 0.419. The molecule has 5 nitrogen and oxygen atoms in total. The van der Waals surface area contributed by atoms with E-state index in [0.717, 1.165) is 30.7 Å². The quantitative estimate of drug-likeness (QED) is 0.375. The lowest BCUT2D eigenvalue weighted by Gasteiger charge is -1.93. The summed E-state index contributed by atoms with van der Waals surface area (Å²) in [5, 5.41) is 10.3. The zero-order valence-corrected chi connectivity index (χ0v) is 16.1. The number of para-hydroxylation sites is 3. The lowest BCUT2D eigenvalue weighted by atomic mass is 10.2. The maximum absolute atomic E-state index is 9.56. The van der Waals surface area contributed by atoms with Gasteiger partial charge in [-0.25, -0.2) is 9.97 Å². The molecule has 2 aromatic carbocycles. The fraction of sp³-hybridized carbons (Fsp3) is 0. The third-order valence-corrected chi connectivity index (χ3v) is 6.13. The third kappa shape index (κ3) is 3.20. The molecule has 134 valence electrons. The van der Waals surface area contributed by atoms with E-state index in [0.29, 0.717) is 17.2 Å². The summed E-state index contributed by atoms with van der Waals surface area (Å²) in [5.74, 6) is 1.13. The number of imidazole rings is 1. The van der Waals surface area contributed by atoms with E-state index in [-0.39, 0.29) is 0 Å². The van der Waals surface area contributed by atoms with Crippen LogP contribution in [-0.4, -0.2) is 15.0 Å². The van der Waals surface area contributed by atoms with Crippen LogP contribution in [0.2, 0.25) is 0 Å². The maximum Gasteiger partial charge on any atom is 0.167 e. The van der Waals surface area contributed by atoms with E-state index in [1.807, 2.05) is 54.6 Å².